The number of halogens is 2. The van der Waals surface area contributed by atoms with Crippen molar-refractivity contribution in [2.45, 2.75) is 40.2 Å². The van der Waals surface area contributed by atoms with E-state index in [9.17, 15) is 4.79 Å². The predicted octanol–water partition coefficient (Wildman–Crippen LogP) is 4.76. The Morgan fingerprint density at radius 1 is 1.28 bits per heavy atom. The molecule has 6 heteroatoms. The second kappa shape index (κ2) is 7.44. The number of rotatable bonds is 1. The fraction of sp³-hybridized carbons (Fsp3) is 0.500. The minimum Gasteiger partial charge on any atom is -0.444 e. The van der Waals surface area contributed by atoms with Crippen LogP contribution in [0, 0.1) is 0 Å². The van der Waals surface area contributed by atoms with Gasteiger partial charge in [0.15, 0.2) is 0 Å². The highest BCUT2D eigenvalue weighted by Crippen LogP contribution is 2.19. The Balaban J connectivity index is 0.00000137. The Morgan fingerprint density at radius 3 is 2.28 bits per heavy atom. The summed E-state index contributed by atoms with van der Waals surface area (Å²) in [5.74, 6) is 0.256. The van der Waals surface area contributed by atoms with Gasteiger partial charge in [0.1, 0.15) is 16.6 Å². The lowest BCUT2D eigenvalue weighted by Gasteiger charge is -2.19. The van der Waals surface area contributed by atoms with Crippen LogP contribution in [0.4, 0.5) is 10.6 Å². The second-order valence-corrected chi connectivity index (χ2v) is 4.94. The van der Waals surface area contributed by atoms with Crippen LogP contribution in [0.1, 0.15) is 34.6 Å². The molecule has 0 saturated heterocycles. The van der Waals surface area contributed by atoms with Gasteiger partial charge >= 0.3 is 6.09 Å². The average Bonchev–Trinajstić information content (AvgIpc) is 2.15. The quantitative estimate of drug-likeness (QED) is 0.759. The highest BCUT2D eigenvalue weighted by Gasteiger charge is 2.16. The van der Waals surface area contributed by atoms with Gasteiger partial charge in [-0.2, -0.15) is 0 Å². The van der Waals surface area contributed by atoms with E-state index in [0.29, 0.717) is 5.02 Å². The highest BCUT2D eigenvalue weighted by atomic mass is 35.5. The summed E-state index contributed by atoms with van der Waals surface area (Å²) in [7, 11) is 0. The lowest BCUT2D eigenvalue weighted by atomic mass is 10.2. The first kappa shape index (κ1) is 17.0. The lowest BCUT2D eigenvalue weighted by molar-refractivity contribution is 0.0635. The van der Waals surface area contributed by atoms with E-state index in [1.807, 2.05) is 13.8 Å². The fourth-order valence-corrected chi connectivity index (χ4v) is 1.41. The summed E-state index contributed by atoms with van der Waals surface area (Å²) in [4.78, 5) is 15.3. The molecule has 0 bridgehead atoms. The summed E-state index contributed by atoms with van der Waals surface area (Å²) in [6, 6.07) is 2.96. The number of aromatic nitrogens is 1. The molecule has 1 heterocycles. The van der Waals surface area contributed by atoms with E-state index >= 15 is 0 Å². The first-order valence-corrected chi connectivity index (χ1v) is 6.35. The summed E-state index contributed by atoms with van der Waals surface area (Å²) in [5.41, 5.74) is -0.563. The van der Waals surface area contributed by atoms with Crippen LogP contribution in [0.25, 0.3) is 0 Å². The zero-order valence-electron chi connectivity index (χ0n) is 11.2. The summed E-state index contributed by atoms with van der Waals surface area (Å²) in [6.07, 6.45) is -0.599. The van der Waals surface area contributed by atoms with Crippen molar-refractivity contribution < 1.29 is 9.53 Å². The largest absolute Gasteiger partial charge is 0.444 e. The first-order chi connectivity index (χ1) is 8.26. The molecule has 0 aliphatic heterocycles. The van der Waals surface area contributed by atoms with Gasteiger partial charge in [0.25, 0.3) is 0 Å². The molecule has 0 unspecified atom stereocenters. The molecule has 1 aromatic rings. The molecule has 0 fully saturated rings. The number of amides is 1. The van der Waals surface area contributed by atoms with Crippen LogP contribution >= 0.6 is 23.2 Å². The summed E-state index contributed by atoms with van der Waals surface area (Å²) >= 11 is 11.4. The molecule has 0 spiro atoms. The lowest BCUT2D eigenvalue weighted by Crippen LogP contribution is -2.27. The van der Waals surface area contributed by atoms with Gasteiger partial charge in [0.2, 0.25) is 0 Å². The van der Waals surface area contributed by atoms with Crippen molar-refractivity contribution in [3.8, 4) is 0 Å². The zero-order valence-corrected chi connectivity index (χ0v) is 12.7. The Labute approximate surface area is 118 Å². The SMILES string of the molecule is CC.CC(C)(C)OC(=O)Nc1cc(Cl)cc(Cl)n1. The summed E-state index contributed by atoms with van der Waals surface area (Å²) < 4.78 is 5.05. The molecule has 0 saturated carbocycles. The Hall–Kier alpha value is -1.00. The van der Waals surface area contributed by atoms with Crippen molar-refractivity contribution >= 4 is 35.1 Å². The van der Waals surface area contributed by atoms with Crippen molar-refractivity contribution in [2.75, 3.05) is 5.32 Å². The molecule has 18 heavy (non-hydrogen) atoms. The smallest absolute Gasteiger partial charge is 0.413 e. The number of nitrogens with one attached hydrogen (secondary N) is 1. The highest BCUT2D eigenvalue weighted by molar-refractivity contribution is 6.34. The molecule has 1 aromatic heterocycles. The number of anilines is 1. The molecular weight excluding hydrogens is 275 g/mol. The van der Waals surface area contributed by atoms with Crippen LogP contribution in [0.5, 0.6) is 0 Å². The van der Waals surface area contributed by atoms with Crippen LogP contribution in [0.2, 0.25) is 10.2 Å². The van der Waals surface area contributed by atoms with Gasteiger partial charge in [-0.05, 0) is 32.9 Å². The third-order valence-corrected chi connectivity index (χ3v) is 1.80. The number of carbonyl (C=O) groups is 1. The van der Waals surface area contributed by atoms with Crippen LogP contribution < -0.4 is 5.32 Å². The molecule has 1 amide bonds. The van der Waals surface area contributed by atoms with Crippen molar-refractivity contribution in [3.05, 3.63) is 22.3 Å². The van der Waals surface area contributed by atoms with Crippen LogP contribution in [0.15, 0.2) is 12.1 Å². The monoisotopic (exact) mass is 292 g/mol. The van der Waals surface area contributed by atoms with Gasteiger partial charge in [-0.15, -0.1) is 0 Å². The maximum atomic E-state index is 11.4. The van der Waals surface area contributed by atoms with Crippen LogP contribution in [-0.4, -0.2) is 16.7 Å². The van der Waals surface area contributed by atoms with E-state index in [1.54, 1.807) is 20.8 Å². The van der Waals surface area contributed by atoms with E-state index in [0.717, 1.165) is 0 Å². The standard InChI is InChI=1S/C10H12Cl2N2O2.C2H6/c1-10(2,3)16-9(15)14-8-5-6(11)4-7(12)13-8;1-2/h4-5H,1-3H3,(H,13,14,15);1-2H3. The van der Waals surface area contributed by atoms with E-state index in [-0.39, 0.29) is 11.0 Å². The molecule has 0 aliphatic rings. The maximum absolute atomic E-state index is 11.4. The van der Waals surface area contributed by atoms with Crippen molar-refractivity contribution in [1.29, 1.82) is 0 Å². The average molecular weight is 293 g/mol. The van der Waals surface area contributed by atoms with Crippen molar-refractivity contribution in [2.24, 2.45) is 0 Å². The molecule has 1 N–H and O–H groups in total. The van der Waals surface area contributed by atoms with Gasteiger partial charge in [0.05, 0.1) is 0 Å². The molecule has 102 valence electrons. The summed E-state index contributed by atoms with van der Waals surface area (Å²) in [6.45, 7) is 9.31. The number of hydrogen-bond donors (Lipinski definition) is 1. The predicted molar refractivity (Wildman–Crippen MR) is 75.5 cm³/mol. The second-order valence-electron chi connectivity index (χ2n) is 4.12. The van der Waals surface area contributed by atoms with E-state index in [1.165, 1.54) is 12.1 Å². The minimum atomic E-state index is -0.599. The fourth-order valence-electron chi connectivity index (χ4n) is 0.938. The van der Waals surface area contributed by atoms with Gasteiger partial charge < -0.3 is 4.74 Å². The summed E-state index contributed by atoms with van der Waals surface area (Å²) in [5, 5.41) is 3.04. The van der Waals surface area contributed by atoms with E-state index in [4.69, 9.17) is 27.9 Å². The Kier molecular flexibility index (Phi) is 7.02. The van der Waals surface area contributed by atoms with Gasteiger partial charge in [0, 0.05) is 5.02 Å². The number of ether oxygens (including phenoxy) is 1. The zero-order chi connectivity index (χ0) is 14.3. The molecule has 0 atom stereocenters. The van der Waals surface area contributed by atoms with Gasteiger partial charge in [-0.1, -0.05) is 37.0 Å². The Morgan fingerprint density at radius 2 is 1.83 bits per heavy atom. The van der Waals surface area contributed by atoms with Gasteiger partial charge in [-0.25, -0.2) is 9.78 Å². The number of carbonyl (C=O) groups excluding carboxylic acids is 1. The van der Waals surface area contributed by atoms with Crippen LogP contribution in [-0.2, 0) is 4.74 Å². The number of nitrogens with zero attached hydrogens (tertiary/aromatic N) is 1. The van der Waals surface area contributed by atoms with E-state index in [2.05, 4.69) is 10.3 Å². The number of hydrogen-bond acceptors (Lipinski definition) is 3. The molecule has 4 nitrogen and oxygen atoms in total. The molecule has 0 aromatic carbocycles. The Bertz CT molecular complexity index is 383. The minimum absolute atomic E-state index is 0.207. The normalized spacial score (nSPS) is 10.2. The maximum Gasteiger partial charge on any atom is 0.413 e. The molecule has 0 radical (unpaired) electrons. The number of pyridine rings is 1. The van der Waals surface area contributed by atoms with Crippen molar-refractivity contribution in [3.63, 3.8) is 0 Å². The van der Waals surface area contributed by atoms with Gasteiger partial charge in [-0.3, -0.25) is 5.32 Å². The third kappa shape index (κ3) is 7.35. The topological polar surface area (TPSA) is 51.2 Å². The molecular formula is C12H18Cl2N2O2. The third-order valence-electron chi connectivity index (χ3n) is 1.39. The van der Waals surface area contributed by atoms with Crippen molar-refractivity contribution in [1.82, 2.24) is 4.98 Å². The molecule has 1 rings (SSSR count). The van der Waals surface area contributed by atoms with E-state index < -0.39 is 11.7 Å². The first-order valence-electron chi connectivity index (χ1n) is 5.59. The molecule has 0 aliphatic carbocycles. The van der Waals surface area contributed by atoms with Crippen LogP contribution in [0.3, 0.4) is 0 Å².